The van der Waals surface area contributed by atoms with Crippen molar-refractivity contribution in [2.24, 2.45) is 0 Å². The average molecular weight is 411 g/mol. The van der Waals surface area contributed by atoms with Gasteiger partial charge in [0.25, 0.3) is 5.91 Å². The summed E-state index contributed by atoms with van der Waals surface area (Å²) in [5.74, 6) is 2.04. The highest BCUT2D eigenvalue weighted by molar-refractivity contribution is 9.11. The summed E-state index contributed by atoms with van der Waals surface area (Å²) in [4.78, 5) is 13.0. The van der Waals surface area contributed by atoms with Crippen LogP contribution in [0.5, 0.6) is 5.75 Å². The van der Waals surface area contributed by atoms with Gasteiger partial charge in [-0.1, -0.05) is 12.1 Å². The fourth-order valence-corrected chi connectivity index (χ4v) is 4.20. The number of carbonyl (C=O) groups is 1. The van der Waals surface area contributed by atoms with E-state index in [-0.39, 0.29) is 12.5 Å². The molecule has 1 N–H and O–H groups in total. The van der Waals surface area contributed by atoms with E-state index in [9.17, 15) is 4.79 Å². The highest BCUT2D eigenvalue weighted by atomic mass is 79.9. The molecule has 1 amide bonds. The molecule has 1 heterocycles. The lowest BCUT2D eigenvalue weighted by Gasteiger charge is -2.08. The lowest BCUT2D eigenvalue weighted by atomic mass is 10.2. The van der Waals surface area contributed by atoms with Crippen LogP contribution in [0.3, 0.4) is 0 Å². The molecule has 120 valence electrons. The van der Waals surface area contributed by atoms with Crippen molar-refractivity contribution in [2.75, 3.05) is 18.9 Å². The van der Waals surface area contributed by atoms with Gasteiger partial charge in [0.2, 0.25) is 0 Å². The number of carbonyl (C=O) groups excluding carboxylic acids is 1. The topological polar surface area (TPSA) is 62.1 Å². The Balaban J connectivity index is 1.61. The molecule has 0 aliphatic heterocycles. The minimum absolute atomic E-state index is 0.0821. The number of para-hydroxylation sites is 1. The van der Waals surface area contributed by atoms with Crippen LogP contribution in [0.15, 0.2) is 40.2 Å². The van der Waals surface area contributed by atoms with E-state index in [1.165, 1.54) is 4.88 Å². The molecule has 1 aromatic heterocycles. The van der Waals surface area contributed by atoms with E-state index in [4.69, 9.17) is 10.00 Å². The second-order valence-corrected chi connectivity index (χ2v) is 8.16. The van der Waals surface area contributed by atoms with E-state index >= 15 is 0 Å². The fraction of sp³-hybridized carbons (Fsp3) is 0.250. The summed E-state index contributed by atoms with van der Waals surface area (Å²) in [7, 11) is 0. The molecule has 2 aromatic rings. The van der Waals surface area contributed by atoms with E-state index in [1.807, 2.05) is 12.1 Å². The van der Waals surface area contributed by atoms with Crippen LogP contribution in [0.2, 0.25) is 0 Å². The quantitative estimate of drug-likeness (QED) is 0.671. The third-order valence-electron chi connectivity index (χ3n) is 2.81. The van der Waals surface area contributed by atoms with Crippen molar-refractivity contribution in [3.8, 4) is 11.8 Å². The van der Waals surface area contributed by atoms with Gasteiger partial charge in [0, 0.05) is 22.9 Å². The summed E-state index contributed by atoms with van der Waals surface area (Å²) in [5.41, 5.74) is 0.429. The van der Waals surface area contributed by atoms with Crippen LogP contribution in [-0.4, -0.2) is 24.8 Å². The predicted molar refractivity (Wildman–Crippen MR) is 97.8 cm³/mol. The summed E-state index contributed by atoms with van der Waals surface area (Å²) in [6.07, 6.45) is 0. The molecule has 7 heteroatoms. The minimum atomic E-state index is -0.183. The SMILES string of the molecule is N#Cc1ccccc1OCC(=O)NCCSCc1ccc(Br)s1. The second kappa shape index (κ2) is 9.60. The van der Waals surface area contributed by atoms with Gasteiger partial charge in [0.15, 0.2) is 6.61 Å². The van der Waals surface area contributed by atoms with Crippen molar-refractivity contribution >= 4 is 44.9 Å². The zero-order valence-electron chi connectivity index (χ0n) is 12.3. The first-order chi connectivity index (χ1) is 11.2. The van der Waals surface area contributed by atoms with Crippen LogP contribution < -0.4 is 10.1 Å². The number of rotatable bonds is 8. The maximum atomic E-state index is 11.7. The Labute approximate surface area is 152 Å². The molecule has 23 heavy (non-hydrogen) atoms. The van der Waals surface area contributed by atoms with E-state index in [0.29, 0.717) is 17.9 Å². The zero-order valence-corrected chi connectivity index (χ0v) is 15.5. The fourth-order valence-electron chi connectivity index (χ4n) is 1.74. The monoisotopic (exact) mass is 410 g/mol. The molecule has 0 radical (unpaired) electrons. The van der Waals surface area contributed by atoms with Crippen LogP contribution >= 0.6 is 39.0 Å². The molecule has 0 atom stereocenters. The maximum absolute atomic E-state index is 11.7. The molecule has 0 saturated carbocycles. The molecule has 0 bridgehead atoms. The summed E-state index contributed by atoms with van der Waals surface area (Å²) >= 11 is 6.94. The molecule has 0 spiro atoms. The molecule has 2 rings (SSSR count). The van der Waals surface area contributed by atoms with E-state index < -0.39 is 0 Å². The Kier molecular flexibility index (Phi) is 7.46. The molecule has 0 unspecified atom stereocenters. The normalized spacial score (nSPS) is 10.1. The standard InChI is InChI=1S/C16H15BrN2O2S2/c17-15-6-5-13(23-15)11-22-8-7-19-16(20)10-21-14-4-2-1-3-12(14)9-18/h1-6H,7-8,10-11H2,(H,19,20). The van der Waals surface area contributed by atoms with Crippen molar-refractivity contribution < 1.29 is 9.53 Å². The van der Waals surface area contributed by atoms with Gasteiger partial charge in [0.05, 0.1) is 9.35 Å². The lowest BCUT2D eigenvalue weighted by Crippen LogP contribution is -2.30. The van der Waals surface area contributed by atoms with Crippen LogP contribution in [0, 0.1) is 11.3 Å². The minimum Gasteiger partial charge on any atom is -0.482 e. The number of halogens is 1. The Morgan fingerprint density at radius 1 is 1.35 bits per heavy atom. The molecule has 0 fully saturated rings. The smallest absolute Gasteiger partial charge is 0.257 e. The molecule has 0 aliphatic rings. The summed E-state index contributed by atoms with van der Waals surface area (Å²) in [6, 6.07) is 13.0. The molecule has 0 saturated heterocycles. The maximum Gasteiger partial charge on any atom is 0.257 e. The van der Waals surface area contributed by atoms with Gasteiger partial charge in [0.1, 0.15) is 11.8 Å². The third kappa shape index (κ3) is 6.26. The Morgan fingerprint density at radius 3 is 2.91 bits per heavy atom. The first-order valence-corrected chi connectivity index (χ1v) is 9.66. The van der Waals surface area contributed by atoms with E-state index in [1.54, 1.807) is 47.4 Å². The van der Waals surface area contributed by atoms with Gasteiger partial charge in [-0.3, -0.25) is 4.79 Å². The number of nitrogens with zero attached hydrogens (tertiary/aromatic N) is 1. The van der Waals surface area contributed by atoms with Crippen molar-refractivity contribution in [2.45, 2.75) is 5.75 Å². The number of hydrogen-bond acceptors (Lipinski definition) is 5. The molecule has 1 aromatic carbocycles. The number of nitriles is 1. The summed E-state index contributed by atoms with van der Waals surface area (Å²) in [6.45, 7) is 0.514. The van der Waals surface area contributed by atoms with Crippen molar-refractivity contribution in [3.05, 3.63) is 50.6 Å². The highest BCUT2D eigenvalue weighted by Crippen LogP contribution is 2.25. The first kappa shape index (κ1) is 17.9. The van der Waals surface area contributed by atoms with Gasteiger partial charge in [-0.2, -0.15) is 17.0 Å². The molecule has 0 aliphatic carbocycles. The number of thiophene rings is 1. The molecular formula is C16H15BrN2O2S2. The summed E-state index contributed by atoms with van der Waals surface area (Å²) in [5, 5.41) is 11.8. The Bertz CT molecular complexity index is 697. The van der Waals surface area contributed by atoms with Gasteiger partial charge >= 0.3 is 0 Å². The largest absolute Gasteiger partial charge is 0.482 e. The number of hydrogen-bond donors (Lipinski definition) is 1. The Hall–Kier alpha value is -1.49. The lowest BCUT2D eigenvalue weighted by molar-refractivity contribution is -0.122. The number of thioether (sulfide) groups is 1. The first-order valence-electron chi connectivity index (χ1n) is 6.89. The highest BCUT2D eigenvalue weighted by Gasteiger charge is 2.06. The molecule has 4 nitrogen and oxygen atoms in total. The number of nitrogens with one attached hydrogen (secondary N) is 1. The second-order valence-electron chi connectivity index (χ2n) is 4.50. The van der Waals surface area contributed by atoms with Crippen molar-refractivity contribution in [3.63, 3.8) is 0 Å². The number of amides is 1. The van der Waals surface area contributed by atoms with E-state index in [2.05, 4.69) is 27.3 Å². The molecular weight excluding hydrogens is 396 g/mol. The van der Waals surface area contributed by atoms with E-state index in [0.717, 1.165) is 15.3 Å². The van der Waals surface area contributed by atoms with Gasteiger partial charge in [-0.15, -0.1) is 11.3 Å². The van der Waals surface area contributed by atoms with Crippen LogP contribution in [-0.2, 0) is 10.5 Å². The third-order valence-corrected chi connectivity index (χ3v) is 5.62. The van der Waals surface area contributed by atoms with Crippen LogP contribution in [0.4, 0.5) is 0 Å². The number of benzene rings is 1. The summed E-state index contributed by atoms with van der Waals surface area (Å²) < 4.78 is 6.51. The Morgan fingerprint density at radius 2 is 2.17 bits per heavy atom. The predicted octanol–water partition coefficient (Wildman–Crippen LogP) is 3.81. The van der Waals surface area contributed by atoms with Crippen LogP contribution in [0.1, 0.15) is 10.4 Å². The number of ether oxygens (including phenoxy) is 1. The van der Waals surface area contributed by atoms with Gasteiger partial charge < -0.3 is 10.1 Å². The van der Waals surface area contributed by atoms with Gasteiger partial charge in [-0.25, -0.2) is 0 Å². The van der Waals surface area contributed by atoms with Crippen molar-refractivity contribution in [1.29, 1.82) is 5.26 Å². The van der Waals surface area contributed by atoms with Gasteiger partial charge in [-0.05, 0) is 40.2 Å². The van der Waals surface area contributed by atoms with Crippen molar-refractivity contribution in [1.82, 2.24) is 5.32 Å². The zero-order chi connectivity index (χ0) is 16.5. The van der Waals surface area contributed by atoms with Crippen LogP contribution in [0.25, 0.3) is 0 Å². The average Bonchev–Trinajstić information content (AvgIpc) is 2.98.